The quantitative estimate of drug-likeness (QED) is 0.870. The standard InChI is InChI=1S/C17H25N3O3/c1-12-5-4-6-15(13(12)2)18-17(22)19-16(21)10-20(3)9-14-7-8-23-11-14/h4-6,14H,7-11H2,1-3H3,(H2,18,19,21,22)/t14-/m0/s1. The Hall–Kier alpha value is -1.92. The minimum Gasteiger partial charge on any atom is -0.381 e. The van der Waals surface area contributed by atoms with Gasteiger partial charge < -0.3 is 10.1 Å². The van der Waals surface area contributed by atoms with Gasteiger partial charge in [-0.1, -0.05) is 12.1 Å². The van der Waals surface area contributed by atoms with Crippen LogP contribution in [0, 0.1) is 19.8 Å². The second kappa shape index (κ2) is 8.08. The van der Waals surface area contributed by atoms with Crippen molar-refractivity contribution in [2.45, 2.75) is 20.3 Å². The zero-order chi connectivity index (χ0) is 16.8. The molecule has 0 aliphatic carbocycles. The summed E-state index contributed by atoms with van der Waals surface area (Å²) in [7, 11) is 1.88. The number of carbonyl (C=O) groups is 2. The van der Waals surface area contributed by atoms with Gasteiger partial charge in [0.25, 0.3) is 0 Å². The number of imide groups is 1. The zero-order valence-electron chi connectivity index (χ0n) is 14.0. The molecule has 1 saturated heterocycles. The van der Waals surface area contributed by atoms with Crippen LogP contribution in [0.4, 0.5) is 10.5 Å². The molecule has 1 aromatic carbocycles. The largest absolute Gasteiger partial charge is 0.381 e. The summed E-state index contributed by atoms with van der Waals surface area (Å²) in [6.45, 7) is 6.44. The SMILES string of the molecule is Cc1cccc(NC(=O)NC(=O)CN(C)C[C@@H]2CCOC2)c1C. The van der Waals surface area contributed by atoms with Gasteiger partial charge >= 0.3 is 6.03 Å². The van der Waals surface area contributed by atoms with E-state index in [4.69, 9.17) is 4.74 Å². The summed E-state index contributed by atoms with van der Waals surface area (Å²) in [6, 6.07) is 5.17. The van der Waals surface area contributed by atoms with E-state index in [2.05, 4.69) is 10.6 Å². The first kappa shape index (κ1) is 17.4. The fraction of sp³-hybridized carbons (Fsp3) is 0.529. The smallest absolute Gasteiger partial charge is 0.325 e. The molecule has 1 heterocycles. The molecule has 0 unspecified atom stereocenters. The van der Waals surface area contributed by atoms with Crippen LogP contribution in [-0.2, 0) is 9.53 Å². The van der Waals surface area contributed by atoms with E-state index in [1.165, 1.54) is 0 Å². The molecular formula is C17H25N3O3. The maximum Gasteiger partial charge on any atom is 0.325 e. The minimum absolute atomic E-state index is 0.191. The molecule has 2 N–H and O–H groups in total. The number of urea groups is 1. The van der Waals surface area contributed by atoms with E-state index in [0.717, 1.165) is 37.3 Å². The highest BCUT2D eigenvalue weighted by atomic mass is 16.5. The molecule has 1 fully saturated rings. The molecule has 6 nitrogen and oxygen atoms in total. The predicted octanol–water partition coefficient (Wildman–Crippen LogP) is 1.92. The predicted molar refractivity (Wildman–Crippen MR) is 89.5 cm³/mol. The van der Waals surface area contributed by atoms with E-state index >= 15 is 0 Å². The highest BCUT2D eigenvalue weighted by Gasteiger charge is 2.19. The van der Waals surface area contributed by atoms with Crippen LogP contribution in [0.25, 0.3) is 0 Å². The van der Waals surface area contributed by atoms with Crippen LogP contribution in [0.15, 0.2) is 18.2 Å². The van der Waals surface area contributed by atoms with Gasteiger partial charge in [0.05, 0.1) is 13.2 Å². The Morgan fingerprint density at radius 2 is 2.13 bits per heavy atom. The van der Waals surface area contributed by atoms with Crippen molar-refractivity contribution in [1.29, 1.82) is 0 Å². The van der Waals surface area contributed by atoms with E-state index in [1.807, 2.05) is 44.0 Å². The van der Waals surface area contributed by atoms with Crippen molar-refractivity contribution in [1.82, 2.24) is 10.2 Å². The average Bonchev–Trinajstić information content (AvgIpc) is 2.96. The molecule has 0 aromatic heterocycles. The number of aryl methyl sites for hydroxylation is 1. The van der Waals surface area contributed by atoms with Crippen LogP contribution >= 0.6 is 0 Å². The molecule has 1 aliphatic heterocycles. The monoisotopic (exact) mass is 319 g/mol. The van der Waals surface area contributed by atoms with Gasteiger partial charge in [0, 0.05) is 18.8 Å². The van der Waals surface area contributed by atoms with Gasteiger partial charge in [0.15, 0.2) is 0 Å². The summed E-state index contributed by atoms with van der Waals surface area (Å²) in [6.07, 6.45) is 1.03. The minimum atomic E-state index is -0.499. The molecule has 126 valence electrons. The van der Waals surface area contributed by atoms with Crippen molar-refractivity contribution in [3.8, 4) is 0 Å². The number of anilines is 1. The van der Waals surface area contributed by atoms with E-state index in [9.17, 15) is 9.59 Å². The first-order valence-corrected chi connectivity index (χ1v) is 7.89. The van der Waals surface area contributed by atoms with E-state index in [1.54, 1.807) is 0 Å². The van der Waals surface area contributed by atoms with Gasteiger partial charge in [0.2, 0.25) is 5.91 Å². The number of nitrogens with zero attached hydrogens (tertiary/aromatic N) is 1. The van der Waals surface area contributed by atoms with Crippen LogP contribution in [0.3, 0.4) is 0 Å². The number of rotatable bonds is 5. The summed E-state index contributed by atoms with van der Waals surface area (Å²) in [5.74, 6) is 0.158. The van der Waals surface area contributed by atoms with Crippen molar-refractivity contribution in [3.63, 3.8) is 0 Å². The number of nitrogens with one attached hydrogen (secondary N) is 2. The lowest BCUT2D eigenvalue weighted by molar-refractivity contribution is -0.120. The summed E-state index contributed by atoms with van der Waals surface area (Å²) in [4.78, 5) is 25.8. The van der Waals surface area contributed by atoms with Gasteiger partial charge in [-0.05, 0) is 50.4 Å². The van der Waals surface area contributed by atoms with Crippen molar-refractivity contribution in [2.24, 2.45) is 5.92 Å². The number of benzene rings is 1. The summed E-state index contributed by atoms with van der Waals surface area (Å²) < 4.78 is 5.32. The highest BCUT2D eigenvalue weighted by Crippen LogP contribution is 2.17. The average molecular weight is 319 g/mol. The molecule has 0 spiro atoms. The van der Waals surface area contributed by atoms with Crippen LogP contribution in [0.5, 0.6) is 0 Å². The Morgan fingerprint density at radius 1 is 1.35 bits per heavy atom. The lowest BCUT2D eigenvalue weighted by Crippen LogP contribution is -2.42. The fourth-order valence-corrected chi connectivity index (χ4v) is 2.68. The molecule has 2 rings (SSSR count). The molecular weight excluding hydrogens is 294 g/mol. The zero-order valence-corrected chi connectivity index (χ0v) is 14.0. The number of ether oxygens (including phenoxy) is 1. The van der Waals surface area contributed by atoms with Gasteiger partial charge in [0.1, 0.15) is 0 Å². The number of amides is 3. The molecule has 1 aromatic rings. The van der Waals surface area contributed by atoms with Crippen LogP contribution in [0.1, 0.15) is 17.5 Å². The lowest BCUT2D eigenvalue weighted by Gasteiger charge is -2.19. The number of hydrogen-bond donors (Lipinski definition) is 2. The molecule has 0 radical (unpaired) electrons. The van der Waals surface area contributed by atoms with E-state index in [-0.39, 0.29) is 12.5 Å². The Labute approximate surface area is 137 Å². The third-order valence-electron chi connectivity index (χ3n) is 4.11. The number of hydrogen-bond acceptors (Lipinski definition) is 4. The topological polar surface area (TPSA) is 70.7 Å². The maximum absolute atomic E-state index is 11.9. The third kappa shape index (κ3) is 5.33. The molecule has 1 aliphatic rings. The van der Waals surface area contributed by atoms with E-state index < -0.39 is 6.03 Å². The van der Waals surface area contributed by atoms with Gasteiger partial charge in [-0.15, -0.1) is 0 Å². The number of carbonyl (C=O) groups excluding carboxylic acids is 2. The van der Waals surface area contributed by atoms with Crippen LogP contribution in [0.2, 0.25) is 0 Å². The molecule has 1 atom stereocenters. The normalized spacial score (nSPS) is 17.3. The second-order valence-electron chi connectivity index (χ2n) is 6.18. The Balaban J connectivity index is 1.77. The maximum atomic E-state index is 11.9. The lowest BCUT2D eigenvalue weighted by atomic mass is 10.1. The second-order valence-corrected chi connectivity index (χ2v) is 6.18. The first-order chi connectivity index (χ1) is 11.0. The van der Waals surface area contributed by atoms with Crippen LogP contribution < -0.4 is 10.6 Å². The van der Waals surface area contributed by atoms with Gasteiger partial charge in [-0.3, -0.25) is 15.0 Å². The first-order valence-electron chi connectivity index (χ1n) is 7.89. The van der Waals surface area contributed by atoms with Crippen molar-refractivity contribution >= 4 is 17.6 Å². The number of likely N-dealkylation sites (N-methyl/N-ethyl adjacent to an activating group) is 1. The Morgan fingerprint density at radius 3 is 2.83 bits per heavy atom. The molecule has 6 heteroatoms. The molecule has 3 amide bonds. The third-order valence-corrected chi connectivity index (χ3v) is 4.11. The highest BCUT2D eigenvalue weighted by molar-refractivity contribution is 6.02. The molecule has 0 bridgehead atoms. The van der Waals surface area contributed by atoms with Crippen molar-refractivity contribution in [2.75, 3.05) is 38.7 Å². The molecule has 0 saturated carbocycles. The Kier molecular flexibility index (Phi) is 6.12. The molecule has 23 heavy (non-hydrogen) atoms. The fourth-order valence-electron chi connectivity index (χ4n) is 2.68. The van der Waals surface area contributed by atoms with Gasteiger partial charge in [-0.25, -0.2) is 4.79 Å². The van der Waals surface area contributed by atoms with Crippen LogP contribution in [-0.4, -0.2) is 50.2 Å². The summed E-state index contributed by atoms with van der Waals surface area (Å²) in [5, 5.41) is 5.09. The summed E-state index contributed by atoms with van der Waals surface area (Å²) >= 11 is 0. The Bertz CT molecular complexity index is 568. The van der Waals surface area contributed by atoms with Crippen molar-refractivity contribution in [3.05, 3.63) is 29.3 Å². The van der Waals surface area contributed by atoms with Gasteiger partial charge in [-0.2, -0.15) is 0 Å². The summed E-state index contributed by atoms with van der Waals surface area (Å²) in [5.41, 5.74) is 2.80. The van der Waals surface area contributed by atoms with E-state index in [0.29, 0.717) is 11.6 Å². The van der Waals surface area contributed by atoms with Crippen molar-refractivity contribution < 1.29 is 14.3 Å².